The van der Waals surface area contributed by atoms with Gasteiger partial charge in [0.25, 0.3) is 0 Å². The van der Waals surface area contributed by atoms with Crippen molar-refractivity contribution in [1.29, 1.82) is 0 Å². The molecule has 0 aliphatic rings. The lowest BCUT2D eigenvalue weighted by Gasteiger charge is -2.01. The van der Waals surface area contributed by atoms with Crippen LogP contribution in [0.4, 0.5) is 10.5 Å². The van der Waals surface area contributed by atoms with Gasteiger partial charge in [0.1, 0.15) is 0 Å². The standard InChI is InChI=1S/C8H11N3O.2ClH/c9-5-6-1-3-7(4-2-6)11-8(10)12;;/h1-4H,5,9H2,(H3,10,11,12);2*1H. The fourth-order valence-electron chi connectivity index (χ4n) is 0.866. The maximum Gasteiger partial charge on any atom is 0.316 e. The monoisotopic (exact) mass is 237 g/mol. The molecule has 0 aliphatic carbocycles. The van der Waals surface area contributed by atoms with Crippen LogP contribution in [0, 0.1) is 0 Å². The van der Waals surface area contributed by atoms with Gasteiger partial charge in [-0.25, -0.2) is 4.79 Å². The second kappa shape index (κ2) is 7.44. The zero-order chi connectivity index (χ0) is 8.97. The predicted molar refractivity (Wildman–Crippen MR) is 62.0 cm³/mol. The van der Waals surface area contributed by atoms with Crippen LogP contribution in [0.15, 0.2) is 24.3 Å². The van der Waals surface area contributed by atoms with Crippen molar-refractivity contribution in [3.05, 3.63) is 29.8 Å². The molecular weight excluding hydrogens is 225 g/mol. The smallest absolute Gasteiger partial charge is 0.316 e. The third kappa shape index (κ3) is 4.91. The zero-order valence-electron chi connectivity index (χ0n) is 7.40. The molecule has 1 aromatic rings. The number of rotatable bonds is 2. The Morgan fingerprint density at radius 2 is 1.71 bits per heavy atom. The number of benzene rings is 1. The fraction of sp³-hybridized carbons (Fsp3) is 0.125. The second-order valence-corrected chi connectivity index (χ2v) is 2.39. The van der Waals surface area contributed by atoms with Gasteiger partial charge in [-0.15, -0.1) is 24.8 Å². The summed E-state index contributed by atoms with van der Waals surface area (Å²) in [6.07, 6.45) is 0. The van der Waals surface area contributed by atoms with Crippen molar-refractivity contribution < 1.29 is 4.79 Å². The molecule has 0 aliphatic heterocycles. The van der Waals surface area contributed by atoms with Crippen molar-refractivity contribution in [2.45, 2.75) is 6.54 Å². The van der Waals surface area contributed by atoms with Gasteiger partial charge in [-0.2, -0.15) is 0 Å². The highest BCUT2D eigenvalue weighted by Gasteiger charge is 1.94. The van der Waals surface area contributed by atoms with Gasteiger partial charge < -0.3 is 16.8 Å². The first-order chi connectivity index (χ1) is 5.72. The molecule has 6 heteroatoms. The van der Waals surface area contributed by atoms with Gasteiger partial charge in [-0.3, -0.25) is 0 Å². The van der Waals surface area contributed by atoms with Crippen molar-refractivity contribution in [2.24, 2.45) is 11.5 Å². The first kappa shape index (κ1) is 15.5. The molecule has 0 saturated carbocycles. The summed E-state index contributed by atoms with van der Waals surface area (Å²) in [5.74, 6) is 0. The molecule has 5 N–H and O–H groups in total. The van der Waals surface area contributed by atoms with E-state index in [-0.39, 0.29) is 24.8 Å². The molecule has 0 bridgehead atoms. The van der Waals surface area contributed by atoms with E-state index in [1.807, 2.05) is 12.1 Å². The number of halogens is 2. The third-order valence-corrected chi connectivity index (χ3v) is 1.46. The predicted octanol–water partition coefficient (Wildman–Crippen LogP) is 1.48. The molecule has 0 radical (unpaired) electrons. The molecule has 0 aromatic heterocycles. The number of amides is 2. The molecule has 4 nitrogen and oxygen atoms in total. The Kier molecular flexibility index (Phi) is 8.23. The maximum atomic E-state index is 10.4. The molecule has 0 heterocycles. The minimum Gasteiger partial charge on any atom is -0.351 e. The molecule has 0 fully saturated rings. The summed E-state index contributed by atoms with van der Waals surface area (Å²) in [6, 6.07) is 6.63. The number of nitrogens with one attached hydrogen (secondary N) is 1. The summed E-state index contributed by atoms with van der Waals surface area (Å²) >= 11 is 0. The molecular formula is C8H13Cl2N3O. The Morgan fingerprint density at radius 1 is 1.21 bits per heavy atom. The van der Waals surface area contributed by atoms with Gasteiger partial charge in [0.2, 0.25) is 0 Å². The lowest BCUT2D eigenvalue weighted by Crippen LogP contribution is -2.19. The van der Waals surface area contributed by atoms with E-state index in [1.165, 1.54) is 0 Å². The van der Waals surface area contributed by atoms with Gasteiger partial charge in [0.05, 0.1) is 0 Å². The van der Waals surface area contributed by atoms with Crippen LogP contribution in [0.25, 0.3) is 0 Å². The van der Waals surface area contributed by atoms with E-state index in [1.54, 1.807) is 12.1 Å². The van der Waals surface area contributed by atoms with Crippen molar-refractivity contribution in [1.82, 2.24) is 0 Å². The average molecular weight is 238 g/mol. The molecule has 0 saturated heterocycles. The number of primary amides is 1. The highest BCUT2D eigenvalue weighted by molar-refractivity contribution is 5.87. The third-order valence-electron chi connectivity index (χ3n) is 1.46. The second-order valence-electron chi connectivity index (χ2n) is 2.39. The number of hydrogen-bond donors (Lipinski definition) is 3. The van der Waals surface area contributed by atoms with Crippen LogP contribution in [-0.2, 0) is 6.54 Å². The van der Waals surface area contributed by atoms with Crippen molar-refractivity contribution in [3.8, 4) is 0 Å². The molecule has 80 valence electrons. The van der Waals surface area contributed by atoms with Gasteiger partial charge in [0, 0.05) is 12.2 Å². The summed E-state index contributed by atoms with van der Waals surface area (Å²) in [5, 5.41) is 2.45. The number of nitrogens with two attached hydrogens (primary N) is 2. The van der Waals surface area contributed by atoms with E-state index in [0.29, 0.717) is 12.2 Å². The lowest BCUT2D eigenvalue weighted by molar-refractivity contribution is 0.259. The maximum absolute atomic E-state index is 10.4. The molecule has 0 spiro atoms. The molecule has 1 aromatic carbocycles. The van der Waals surface area contributed by atoms with Crippen molar-refractivity contribution in [3.63, 3.8) is 0 Å². The molecule has 14 heavy (non-hydrogen) atoms. The normalized spacial score (nSPS) is 8.07. The number of urea groups is 1. The minimum atomic E-state index is -0.560. The highest BCUT2D eigenvalue weighted by Crippen LogP contribution is 2.08. The van der Waals surface area contributed by atoms with Gasteiger partial charge in [-0.1, -0.05) is 12.1 Å². The Bertz CT molecular complexity index is 276. The molecule has 1 rings (SSSR count). The Morgan fingerprint density at radius 3 is 2.07 bits per heavy atom. The van der Waals surface area contributed by atoms with Gasteiger partial charge in [0.15, 0.2) is 0 Å². The summed E-state index contributed by atoms with van der Waals surface area (Å²) in [6.45, 7) is 0.497. The average Bonchev–Trinajstić information content (AvgIpc) is 2.05. The SMILES string of the molecule is Cl.Cl.NCc1ccc(NC(N)=O)cc1. The van der Waals surface area contributed by atoms with E-state index < -0.39 is 6.03 Å². The number of anilines is 1. The van der Waals surface area contributed by atoms with Gasteiger partial charge >= 0.3 is 6.03 Å². The van der Waals surface area contributed by atoms with E-state index in [9.17, 15) is 4.79 Å². The van der Waals surface area contributed by atoms with E-state index in [4.69, 9.17) is 11.5 Å². The largest absolute Gasteiger partial charge is 0.351 e. The number of hydrogen-bond acceptors (Lipinski definition) is 2. The summed E-state index contributed by atoms with van der Waals surface area (Å²) in [7, 11) is 0. The summed E-state index contributed by atoms with van der Waals surface area (Å²) < 4.78 is 0. The fourth-order valence-corrected chi connectivity index (χ4v) is 0.866. The van der Waals surface area contributed by atoms with Gasteiger partial charge in [-0.05, 0) is 17.7 Å². The van der Waals surface area contributed by atoms with E-state index in [2.05, 4.69) is 5.32 Å². The van der Waals surface area contributed by atoms with Crippen LogP contribution in [0.2, 0.25) is 0 Å². The van der Waals surface area contributed by atoms with Crippen LogP contribution >= 0.6 is 24.8 Å². The van der Waals surface area contributed by atoms with Crippen LogP contribution in [-0.4, -0.2) is 6.03 Å². The van der Waals surface area contributed by atoms with Crippen LogP contribution in [0.5, 0.6) is 0 Å². The van der Waals surface area contributed by atoms with Crippen LogP contribution in [0.1, 0.15) is 5.56 Å². The summed E-state index contributed by atoms with van der Waals surface area (Å²) in [5.41, 5.74) is 12.0. The molecule has 0 atom stereocenters. The van der Waals surface area contributed by atoms with Crippen molar-refractivity contribution >= 4 is 36.5 Å². The highest BCUT2D eigenvalue weighted by atomic mass is 35.5. The first-order valence-electron chi connectivity index (χ1n) is 3.58. The Hall–Kier alpha value is -0.970. The quantitative estimate of drug-likeness (QED) is 0.729. The molecule has 2 amide bonds. The zero-order valence-corrected chi connectivity index (χ0v) is 9.03. The molecule has 0 unspecified atom stereocenters. The van der Waals surface area contributed by atoms with E-state index in [0.717, 1.165) is 5.56 Å². The topological polar surface area (TPSA) is 81.1 Å². The Labute approximate surface area is 94.9 Å². The summed E-state index contributed by atoms with van der Waals surface area (Å²) in [4.78, 5) is 10.4. The Balaban J connectivity index is 0. The number of carbonyl (C=O) groups excluding carboxylic acids is 1. The van der Waals surface area contributed by atoms with E-state index >= 15 is 0 Å². The van der Waals surface area contributed by atoms with Crippen LogP contribution < -0.4 is 16.8 Å². The number of carbonyl (C=O) groups is 1. The first-order valence-corrected chi connectivity index (χ1v) is 3.58. The van der Waals surface area contributed by atoms with Crippen LogP contribution in [0.3, 0.4) is 0 Å². The minimum absolute atomic E-state index is 0. The van der Waals surface area contributed by atoms with Crippen molar-refractivity contribution in [2.75, 3.05) is 5.32 Å². The lowest BCUT2D eigenvalue weighted by atomic mass is 10.2.